The number of benzene rings is 2. The van der Waals surface area contributed by atoms with Crippen molar-refractivity contribution < 1.29 is 0 Å². The lowest BCUT2D eigenvalue weighted by Gasteiger charge is -2.46. The normalized spacial score (nSPS) is 19.3. The van der Waals surface area contributed by atoms with Gasteiger partial charge in [0.05, 0.1) is 23.1 Å². The Morgan fingerprint density at radius 3 is 2.43 bits per heavy atom. The minimum Gasteiger partial charge on any atom is -0.382 e. The van der Waals surface area contributed by atoms with Gasteiger partial charge in [0.2, 0.25) is 0 Å². The Balaban J connectivity index is 1.06. The lowest BCUT2D eigenvalue weighted by molar-refractivity contribution is 0.0994. The maximum atomic E-state index is 6.48. The number of nitrogen functional groups attached to an aromatic ring is 1. The van der Waals surface area contributed by atoms with Crippen LogP contribution in [0.2, 0.25) is 0 Å². The summed E-state index contributed by atoms with van der Waals surface area (Å²) in [5, 5.41) is 1.10. The highest BCUT2D eigenvalue weighted by Crippen LogP contribution is 2.42. The van der Waals surface area contributed by atoms with E-state index in [4.69, 9.17) is 15.7 Å². The second kappa shape index (κ2) is 10.2. The van der Waals surface area contributed by atoms with Gasteiger partial charge in [-0.25, -0.2) is 15.0 Å². The van der Waals surface area contributed by atoms with E-state index in [-0.39, 0.29) is 0 Å². The number of nitrogens with zero attached hydrogens (tertiary/aromatic N) is 7. The molecule has 2 aromatic carbocycles. The number of imidazole rings is 1. The van der Waals surface area contributed by atoms with Gasteiger partial charge in [0.1, 0.15) is 22.9 Å². The molecule has 42 heavy (non-hydrogen) atoms. The van der Waals surface area contributed by atoms with E-state index in [0.717, 1.165) is 83.8 Å². The minimum atomic E-state index is 0.387. The summed E-state index contributed by atoms with van der Waals surface area (Å²) in [5.41, 5.74) is 13.4. The standard InChI is InChI=1S/C34H32N8/c35-33-32-31(25-9-8-24-10-11-29(38-30(24)21-25)23-5-2-1-3-6-23)39-34(42(32)14-13-37-33)26-19-28(20-26)41-17-15-40(16-18-41)27-7-4-12-36-22-27/h1-14,21-22,26,28H,15-20H2,(H2,35,37)/t26-,28+. The van der Waals surface area contributed by atoms with Crippen LogP contribution >= 0.6 is 0 Å². The molecule has 0 radical (unpaired) electrons. The number of hydrogen-bond donors (Lipinski definition) is 1. The summed E-state index contributed by atoms with van der Waals surface area (Å²) in [6, 6.07) is 25.6. The molecule has 2 aliphatic rings. The molecular weight excluding hydrogens is 520 g/mol. The molecule has 4 aromatic heterocycles. The van der Waals surface area contributed by atoms with Crippen LogP contribution in [0.4, 0.5) is 11.5 Å². The molecule has 0 spiro atoms. The van der Waals surface area contributed by atoms with Gasteiger partial charge in [-0.2, -0.15) is 0 Å². The van der Waals surface area contributed by atoms with Crippen molar-refractivity contribution >= 4 is 27.9 Å². The van der Waals surface area contributed by atoms with Crippen LogP contribution in [0.1, 0.15) is 24.6 Å². The fourth-order valence-corrected chi connectivity index (χ4v) is 6.59. The quantitative estimate of drug-likeness (QED) is 0.295. The summed E-state index contributed by atoms with van der Waals surface area (Å²) in [6.45, 7) is 4.22. The van der Waals surface area contributed by atoms with Crippen molar-refractivity contribution in [3.8, 4) is 22.5 Å². The maximum absolute atomic E-state index is 6.48. The highest BCUT2D eigenvalue weighted by atomic mass is 15.3. The second-order valence-corrected chi connectivity index (χ2v) is 11.4. The Bertz CT molecular complexity index is 1870. The van der Waals surface area contributed by atoms with Gasteiger partial charge in [-0.3, -0.25) is 14.3 Å². The summed E-state index contributed by atoms with van der Waals surface area (Å²) in [4.78, 5) is 24.0. The average molecular weight is 553 g/mol. The first-order valence-electron chi connectivity index (χ1n) is 14.7. The number of hydrogen-bond acceptors (Lipinski definition) is 7. The van der Waals surface area contributed by atoms with Crippen molar-refractivity contribution in [2.75, 3.05) is 36.8 Å². The van der Waals surface area contributed by atoms with E-state index in [2.05, 4.69) is 72.7 Å². The Hall–Kier alpha value is -4.82. The third-order valence-electron chi connectivity index (χ3n) is 8.97. The summed E-state index contributed by atoms with van der Waals surface area (Å²) in [6.07, 6.45) is 9.79. The van der Waals surface area contributed by atoms with Gasteiger partial charge in [-0.1, -0.05) is 48.5 Å². The third kappa shape index (κ3) is 4.35. The summed E-state index contributed by atoms with van der Waals surface area (Å²) >= 11 is 0. The molecule has 0 bridgehead atoms. The number of pyridine rings is 2. The SMILES string of the molecule is Nc1nccn2c1c(-c1ccc3ccc(-c4ccccc4)nc3c1)nc2[C@H]1C[C@@H](N2CCN(c3cccnc3)CC2)C1. The van der Waals surface area contributed by atoms with Crippen LogP contribution < -0.4 is 10.6 Å². The molecule has 2 N–H and O–H groups in total. The molecule has 1 aliphatic carbocycles. The monoisotopic (exact) mass is 552 g/mol. The molecule has 0 unspecified atom stereocenters. The zero-order valence-corrected chi connectivity index (χ0v) is 23.3. The topological polar surface area (TPSA) is 88.5 Å². The Morgan fingerprint density at radius 2 is 1.62 bits per heavy atom. The molecule has 208 valence electrons. The molecular formula is C34H32N8. The van der Waals surface area contributed by atoms with Crippen molar-refractivity contribution in [2.45, 2.75) is 24.8 Å². The molecule has 1 aliphatic heterocycles. The Kier molecular flexibility index (Phi) is 6.07. The Morgan fingerprint density at radius 1 is 0.786 bits per heavy atom. The lowest BCUT2D eigenvalue weighted by atomic mass is 9.78. The smallest absolute Gasteiger partial charge is 0.150 e. The third-order valence-corrected chi connectivity index (χ3v) is 8.97. The summed E-state index contributed by atoms with van der Waals surface area (Å²) in [5.74, 6) is 1.96. The van der Waals surface area contributed by atoms with Gasteiger partial charge >= 0.3 is 0 Å². The number of fused-ring (bicyclic) bond motifs is 2. The molecule has 1 saturated carbocycles. The van der Waals surface area contributed by atoms with Crippen molar-refractivity contribution in [1.82, 2.24) is 29.2 Å². The van der Waals surface area contributed by atoms with Crippen molar-refractivity contribution in [3.63, 3.8) is 0 Å². The van der Waals surface area contributed by atoms with Gasteiger partial charge in [-0.15, -0.1) is 0 Å². The zero-order chi connectivity index (χ0) is 28.0. The minimum absolute atomic E-state index is 0.387. The molecule has 8 rings (SSSR count). The van der Waals surface area contributed by atoms with E-state index >= 15 is 0 Å². The van der Waals surface area contributed by atoms with Gasteiger partial charge in [0.25, 0.3) is 0 Å². The molecule has 6 aromatic rings. The predicted octanol–water partition coefficient (Wildman–Crippen LogP) is 5.66. The molecule has 1 saturated heterocycles. The Labute approximate surface area is 244 Å². The van der Waals surface area contributed by atoms with Crippen molar-refractivity contribution in [2.24, 2.45) is 0 Å². The lowest BCUT2D eigenvalue weighted by Crippen LogP contribution is -2.53. The van der Waals surface area contributed by atoms with Crippen LogP contribution in [-0.4, -0.2) is 61.5 Å². The van der Waals surface area contributed by atoms with Gasteiger partial charge < -0.3 is 10.6 Å². The van der Waals surface area contributed by atoms with Crippen LogP contribution in [0.5, 0.6) is 0 Å². The highest BCUT2D eigenvalue weighted by Gasteiger charge is 2.38. The summed E-state index contributed by atoms with van der Waals surface area (Å²) < 4.78 is 2.16. The van der Waals surface area contributed by atoms with Crippen molar-refractivity contribution in [1.29, 1.82) is 0 Å². The number of piperazine rings is 1. The van der Waals surface area contributed by atoms with E-state index < -0.39 is 0 Å². The van der Waals surface area contributed by atoms with E-state index in [1.54, 1.807) is 6.20 Å². The zero-order valence-electron chi connectivity index (χ0n) is 23.3. The van der Waals surface area contributed by atoms with Gasteiger partial charge in [0.15, 0.2) is 0 Å². The fraction of sp³-hybridized carbons (Fsp3) is 0.235. The number of aromatic nitrogens is 5. The first-order valence-corrected chi connectivity index (χ1v) is 14.7. The van der Waals surface area contributed by atoms with Crippen LogP contribution in [0, 0.1) is 0 Å². The fourth-order valence-electron chi connectivity index (χ4n) is 6.59. The maximum Gasteiger partial charge on any atom is 0.150 e. The van der Waals surface area contributed by atoms with E-state index in [1.165, 1.54) is 5.69 Å². The van der Waals surface area contributed by atoms with Crippen LogP contribution in [0.15, 0.2) is 97.6 Å². The van der Waals surface area contributed by atoms with Crippen LogP contribution in [0.25, 0.3) is 38.9 Å². The first-order chi connectivity index (χ1) is 20.7. The first kappa shape index (κ1) is 24.9. The molecule has 5 heterocycles. The molecule has 8 nitrogen and oxygen atoms in total. The van der Waals surface area contributed by atoms with Crippen LogP contribution in [0.3, 0.4) is 0 Å². The molecule has 2 fully saturated rings. The second-order valence-electron chi connectivity index (χ2n) is 11.4. The highest BCUT2D eigenvalue weighted by molar-refractivity contribution is 5.91. The number of anilines is 2. The van der Waals surface area contributed by atoms with Gasteiger partial charge in [0, 0.05) is 73.2 Å². The molecule has 0 atom stereocenters. The largest absolute Gasteiger partial charge is 0.382 e. The molecule has 0 amide bonds. The summed E-state index contributed by atoms with van der Waals surface area (Å²) in [7, 11) is 0. The van der Waals surface area contributed by atoms with Gasteiger partial charge in [-0.05, 0) is 37.1 Å². The van der Waals surface area contributed by atoms with Crippen molar-refractivity contribution in [3.05, 3.63) is 103 Å². The van der Waals surface area contributed by atoms with E-state index in [1.807, 2.05) is 42.9 Å². The molecule has 8 heteroatoms. The van der Waals surface area contributed by atoms with E-state index in [0.29, 0.717) is 17.8 Å². The number of nitrogens with two attached hydrogens (primary N) is 1. The van der Waals surface area contributed by atoms with Crippen LogP contribution in [-0.2, 0) is 0 Å². The number of rotatable bonds is 5. The average Bonchev–Trinajstić information content (AvgIpc) is 3.41. The predicted molar refractivity (Wildman–Crippen MR) is 167 cm³/mol. The van der Waals surface area contributed by atoms with E-state index in [9.17, 15) is 0 Å².